The smallest absolute Gasteiger partial charge is 0.330 e. The van der Waals surface area contributed by atoms with E-state index in [0.29, 0.717) is 23.0 Å². The molecule has 1 aliphatic rings. The fraction of sp³-hybridized carbons (Fsp3) is 0.217. The average molecular weight is 475 g/mol. The van der Waals surface area contributed by atoms with Crippen molar-refractivity contribution >= 4 is 11.9 Å². The maximum atomic E-state index is 15.0. The Morgan fingerprint density at radius 3 is 2.66 bits per heavy atom. The number of fused-ring (bicyclic) bond motifs is 3. The van der Waals surface area contributed by atoms with E-state index in [-0.39, 0.29) is 34.6 Å². The highest BCUT2D eigenvalue weighted by atomic mass is 19.1. The van der Waals surface area contributed by atoms with Crippen LogP contribution < -0.4 is 0 Å². The summed E-state index contributed by atoms with van der Waals surface area (Å²) in [5.41, 5.74) is 2.22. The Morgan fingerprint density at radius 2 is 2.00 bits per heavy atom. The van der Waals surface area contributed by atoms with Crippen LogP contribution in [0.2, 0.25) is 0 Å². The predicted octanol–water partition coefficient (Wildman–Crippen LogP) is 1.11. The molecule has 2 atom stereocenters. The molecule has 0 saturated heterocycles. The number of halogens is 1. The molecule has 1 aliphatic carbocycles. The largest absolute Gasteiger partial charge is 0.346 e. The number of rotatable bonds is 5. The third-order valence-electron chi connectivity index (χ3n) is 6.26. The third-order valence-corrected chi connectivity index (χ3v) is 6.26. The molecule has 4 aromatic rings. The number of carbonyl (C=O) groups excluding carboxylic acids is 1. The maximum absolute atomic E-state index is 15.0. The molecule has 0 spiro atoms. The number of aliphatic hydroxyl groups is 3. The van der Waals surface area contributed by atoms with Crippen molar-refractivity contribution in [2.75, 3.05) is 7.05 Å². The number of aldehydes is 1. The predicted molar refractivity (Wildman–Crippen MR) is 117 cm³/mol. The van der Waals surface area contributed by atoms with Gasteiger partial charge in [0.05, 0.1) is 29.6 Å². The summed E-state index contributed by atoms with van der Waals surface area (Å²) in [6.07, 6.45) is 2.83. The van der Waals surface area contributed by atoms with Crippen LogP contribution in [0.3, 0.4) is 0 Å². The van der Waals surface area contributed by atoms with Crippen molar-refractivity contribution in [3.63, 3.8) is 0 Å². The molecule has 1 aromatic carbocycles. The van der Waals surface area contributed by atoms with E-state index in [1.54, 1.807) is 18.2 Å². The van der Waals surface area contributed by atoms with Gasteiger partial charge < -0.3 is 15.3 Å². The van der Waals surface area contributed by atoms with Gasteiger partial charge in [-0.1, -0.05) is 12.1 Å². The van der Waals surface area contributed by atoms with Crippen LogP contribution in [0.1, 0.15) is 51.1 Å². The lowest BCUT2D eigenvalue weighted by Gasteiger charge is -2.31. The number of carbonyl (C=O) groups is 1. The lowest BCUT2D eigenvalue weighted by atomic mass is 9.87. The first-order valence-corrected chi connectivity index (χ1v) is 10.5. The highest BCUT2D eigenvalue weighted by Gasteiger charge is 2.45. The van der Waals surface area contributed by atoms with Crippen molar-refractivity contribution in [1.82, 2.24) is 29.5 Å². The standard InChI is InChI=1S/C23H18FN7O4/c1-30(23(33,34)35)17-5-15(18-12(6-25)3-2-4-13(18)10-32)19-21(17)29-31-9-16(24)20(28-22(19)31)14-7-26-11-27-8-14/h2-4,7-11,15,17,33-35H,5H2,1H3. The Labute approximate surface area is 197 Å². The maximum Gasteiger partial charge on any atom is 0.346 e. The van der Waals surface area contributed by atoms with E-state index in [1.165, 1.54) is 30.3 Å². The van der Waals surface area contributed by atoms with Crippen LogP contribution in [0.15, 0.2) is 43.1 Å². The van der Waals surface area contributed by atoms with Crippen LogP contribution in [0.25, 0.3) is 16.9 Å². The van der Waals surface area contributed by atoms with Crippen molar-refractivity contribution in [3.05, 3.63) is 76.9 Å². The number of benzene rings is 1. The van der Waals surface area contributed by atoms with E-state index in [9.17, 15) is 29.8 Å². The first-order valence-electron chi connectivity index (χ1n) is 10.5. The van der Waals surface area contributed by atoms with E-state index >= 15 is 0 Å². The monoisotopic (exact) mass is 475 g/mol. The van der Waals surface area contributed by atoms with Crippen LogP contribution in [-0.2, 0) is 0 Å². The summed E-state index contributed by atoms with van der Waals surface area (Å²) in [4.78, 5) is 25.1. The summed E-state index contributed by atoms with van der Waals surface area (Å²) < 4.78 is 16.2. The zero-order valence-electron chi connectivity index (χ0n) is 18.2. The second kappa shape index (κ2) is 8.26. The van der Waals surface area contributed by atoms with Gasteiger partial charge in [0.15, 0.2) is 11.5 Å². The van der Waals surface area contributed by atoms with Gasteiger partial charge in [-0.25, -0.2) is 28.8 Å². The molecule has 0 saturated carbocycles. The van der Waals surface area contributed by atoms with Gasteiger partial charge in [0, 0.05) is 35.0 Å². The van der Waals surface area contributed by atoms with E-state index in [1.807, 2.05) is 0 Å². The highest BCUT2D eigenvalue weighted by molar-refractivity contribution is 5.80. The zero-order chi connectivity index (χ0) is 24.9. The lowest BCUT2D eigenvalue weighted by molar-refractivity contribution is -0.396. The van der Waals surface area contributed by atoms with Crippen LogP contribution in [0.4, 0.5) is 4.39 Å². The average Bonchev–Trinajstić information content (AvgIpc) is 3.39. The third kappa shape index (κ3) is 3.63. The fourth-order valence-electron chi connectivity index (χ4n) is 4.63. The molecule has 0 fully saturated rings. The van der Waals surface area contributed by atoms with Gasteiger partial charge in [0.25, 0.3) is 0 Å². The number of aromatic nitrogens is 5. The van der Waals surface area contributed by atoms with Crippen molar-refractivity contribution in [3.8, 4) is 17.3 Å². The molecule has 176 valence electrons. The van der Waals surface area contributed by atoms with Crippen molar-refractivity contribution < 1.29 is 24.5 Å². The molecule has 0 aliphatic heterocycles. The zero-order valence-corrected chi connectivity index (χ0v) is 18.2. The molecule has 3 aromatic heterocycles. The Balaban J connectivity index is 1.80. The van der Waals surface area contributed by atoms with Gasteiger partial charge >= 0.3 is 6.10 Å². The summed E-state index contributed by atoms with van der Waals surface area (Å²) in [5, 5.41) is 43.7. The molecule has 5 rings (SSSR count). The van der Waals surface area contributed by atoms with Gasteiger partial charge in [-0.2, -0.15) is 10.4 Å². The molecule has 2 unspecified atom stereocenters. The Hall–Kier alpha value is -4.15. The molecular formula is C23H18FN7O4. The minimum Gasteiger partial charge on any atom is -0.330 e. The molecule has 35 heavy (non-hydrogen) atoms. The molecule has 0 bridgehead atoms. The quantitative estimate of drug-likeness (QED) is 0.282. The Bertz CT molecular complexity index is 1490. The Kier molecular flexibility index (Phi) is 5.34. The first-order chi connectivity index (χ1) is 16.7. The number of hydrogen-bond acceptors (Lipinski definition) is 10. The van der Waals surface area contributed by atoms with Crippen LogP contribution >= 0.6 is 0 Å². The van der Waals surface area contributed by atoms with E-state index in [2.05, 4.69) is 26.1 Å². The lowest BCUT2D eigenvalue weighted by Crippen LogP contribution is -2.47. The minimum absolute atomic E-state index is 0.0265. The molecular weight excluding hydrogens is 457 g/mol. The number of nitrogens with zero attached hydrogens (tertiary/aromatic N) is 7. The number of nitriles is 1. The van der Waals surface area contributed by atoms with Gasteiger partial charge in [-0.05, 0) is 25.1 Å². The molecule has 0 amide bonds. The van der Waals surface area contributed by atoms with Crippen molar-refractivity contribution in [1.29, 1.82) is 5.26 Å². The van der Waals surface area contributed by atoms with E-state index in [4.69, 9.17) is 0 Å². The molecule has 0 radical (unpaired) electrons. The molecule has 3 heterocycles. The van der Waals surface area contributed by atoms with Crippen LogP contribution in [0.5, 0.6) is 0 Å². The second-order valence-corrected chi connectivity index (χ2v) is 8.18. The van der Waals surface area contributed by atoms with Gasteiger partial charge in [-0.3, -0.25) is 4.79 Å². The van der Waals surface area contributed by atoms with Gasteiger partial charge in [0.1, 0.15) is 18.3 Å². The summed E-state index contributed by atoms with van der Waals surface area (Å²) in [5.74, 6) is -1.34. The minimum atomic E-state index is -3.18. The molecule has 11 nitrogen and oxygen atoms in total. The Morgan fingerprint density at radius 1 is 1.26 bits per heavy atom. The van der Waals surface area contributed by atoms with Crippen molar-refractivity contribution in [2.24, 2.45) is 0 Å². The van der Waals surface area contributed by atoms with Gasteiger partial charge in [-0.15, -0.1) is 0 Å². The summed E-state index contributed by atoms with van der Waals surface area (Å²) in [7, 11) is 1.28. The molecule has 12 heteroatoms. The van der Waals surface area contributed by atoms with Gasteiger partial charge in [0.2, 0.25) is 0 Å². The molecule has 3 N–H and O–H groups in total. The summed E-state index contributed by atoms with van der Waals surface area (Å²) in [6.45, 7) is 0. The first kappa shape index (κ1) is 22.6. The summed E-state index contributed by atoms with van der Waals surface area (Å²) >= 11 is 0. The highest BCUT2D eigenvalue weighted by Crippen LogP contribution is 2.49. The van der Waals surface area contributed by atoms with Crippen LogP contribution in [0, 0.1) is 17.1 Å². The van der Waals surface area contributed by atoms with E-state index < -0.39 is 23.9 Å². The van der Waals surface area contributed by atoms with Crippen molar-refractivity contribution in [2.45, 2.75) is 24.5 Å². The van der Waals surface area contributed by atoms with Crippen LogP contribution in [-0.4, -0.2) is 64.2 Å². The SMILES string of the molecule is CN(C1CC(c2c(C#N)cccc2C=O)c2c1nn1cc(F)c(-c3cncnc3)nc21)C(O)(O)O. The normalized spacial score (nSPS) is 17.5. The topological polar surface area (TPSA) is 161 Å². The number of hydrogen-bond donors (Lipinski definition) is 3. The van der Waals surface area contributed by atoms with E-state index in [0.717, 1.165) is 11.1 Å². The fourth-order valence-corrected chi connectivity index (χ4v) is 4.63. The summed E-state index contributed by atoms with van der Waals surface area (Å²) in [6, 6.07) is 5.95. The second-order valence-electron chi connectivity index (χ2n) is 8.18.